The van der Waals surface area contributed by atoms with Crippen LogP contribution in [0.15, 0.2) is 77.8 Å². The third-order valence-corrected chi connectivity index (χ3v) is 5.47. The summed E-state index contributed by atoms with van der Waals surface area (Å²) in [5.41, 5.74) is 1.91. The van der Waals surface area contributed by atoms with Crippen LogP contribution in [0.25, 0.3) is 11.0 Å². The summed E-state index contributed by atoms with van der Waals surface area (Å²) in [4.78, 5) is 35.7. The van der Waals surface area contributed by atoms with Crippen LogP contribution in [0, 0.1) is 11.3 Å². The first-order chi connectivity index (χ1) is 18.6. The van der Waals surface area contributed by atoms with Gasteiger partial charge in [0.1, 0.15) is 6.54 Å². The van der Waals surface area contributed by atoms with E-state index in [-0.39, 0.29) is 40.7 Å². The lowest BCUT2D eigenvalue weighted by Gasteiger charge is -2.22. The first-order valence-electron chi connectivity index (χ1n) is 12.4. The Balaban J connectivity index is 1.77. The number of benzene rings is 3. The third kappa shape index (κ3) is 5.27. The molecule has 4 rings (SSSR count). The van der Waals surface area contributed by atoms with E-state index in [1.807, 2.05) is 6.07 Å². The van der Waals surface area contributed by atoms with Gasteiger partial charge < -0.3 is 9.30 Å². The number of hydrogen-bond donors (Lipinski definition) is 0. The summed E-state index contributed by atoms with van der Waals surface area (Å²) >= 11 is 6.44. The molecule has 1 amide bonds. The lowest BCUT2D eigenvalue weighted by Crippen LogP contribution is -2.36. The summed E-state index contributed by atoms with van der Waals surface area (Å²) in [6.07, 6.45) is 0. The average Bonchev–Trinajstić information content (AvgIpc) is 3.32. The van der Waals surface area contributed by atoms with Gasteiger partial charge >= 0.3 is 5.97 Å². The Labute approximate surface area is 217 Å². The van der Waals surface area contributed by atoms with Crippen molar-refractivity contribution in [3.63, 3.8) is 0 Å². The quantitative estimate of drug-likeness (QED) is 0.262. The van der Waals surface area contributed by atoms with Crippen molar-refractivity contribution in [3.8, 4) is 6.07 Å². The molecule has 0 spiro atoms. The second-order valence-corrected chi connectivity index (χ2v) is 7.93. The minimum atomic E-state index is -2.66. The molecule has 9 heteroatoms. The Morgan fingerprint density at radius 2 is 1.92 bits per heavy atom. The molecule has 0 aliphatic carbocycles. The van der Waals surface area contributed by atoms with Gasteiger partial charge in [0.25, 0.3) is 5.91 Å². The number of imidazole rings is 1. The van der Waals surface area contributed by atoms with Gasteiger partial charge in [-0.1, -0.05) is 29.8 Å². The molecule has 0 fully saturated rings. The van der Waals surface area contributed by atoms with Crippen molar-refractivity contribution in [2.45, 2.75) is 6.92 Å². The van der Waals surface area contributed by atoms with Crippen molar-refractivity contribution in [2.24, 2.45) is 12.0 Å². The van der Waals surface area contributed by atoms with Crippen molar-refractivity contribution in [1.82, 2.24) is 9.55 Å². The van der Waals surface area contributed by atoms with Gasteiger partial charge in [-0.15, -0.1) is 0 Å². The molecular formula is C27H22ClN5O3. The number of carbonyl (C=O) groups excluding carboxylic acids is 2. The predicted molar refractivity (Wildman–Crippen MR) is 139 cm³/mol. The molecule has 8 nitrogen and oxygen atoms in total. The van der Waals surface area contributed by atoms with Crippen LogP contribution in [0.4, 0.5) is 11.4 Å². The standard InChI is InChI=1S/C27H22ClN5O3/c1-3-36-24(34)17-33(21-7-5-4-6-8-21)27(35)19-11-14-23-22(15-19)31-26(32(23)2)25(28)30-20-12-9-18(16-29)10-13-20/h4-15H,3,17H2,1-2H3/i2D3. The second kappa shape index (κ2) is 10.8. The van der Waals surface area contributed by atoms with Gasteiger partial charge in [0, 0.05) is 22.3 Å². The predicted octanol–water partition coefficient (Wildman–Crippen LogP) is 4.97. The van der Waals surface area contributed by atoms with Crippen LogP contribution < -0.4 is 4.90 Å². The van der Waals surface area contributed by atoms with E-state index in [0.29, 0.717) is 16.9 Å². The second-order valence-electron chi connectivity index (χ2n) is 7.57. The van der Waals surface area contributed by atoms with Crippen LogP contribution in [-0.2, 0) is 16.5 Å². The zero-order valence-electron chi connectivity index (χ0n) is 22.2. The normalized spacial score (nSPS) is 12.8. The molecule has 4 aromatic rings. The van der Waals surface area contributed by atoms with Crippen LogP contribution in [0.5, 0.6) is 0 Å². The Kier molecular flexibility index (Phi) is 6.28. The number of para-hydroxylation sites is 1. The maximum absolute atomic E-state index is 13.5. The maximum atomic E-state index is 13.5. The van der Waals surface area contributed by atoms with Crippen molar-refractivity contribution in [3.05, 3.63) is 89.7 Å². The summed E-state index contributed by atoms with van der Waals surface area (Å²) in [5.74, 6) is -1.19. The zero-order chi connectivity index (χ0) is 28.2. The highest BCUT2D eigenvalue weighted by atomic mass is 35.5. The number of esters is 1. The first-order valence-corrected chi connectivity index (χ1v) is 11.3. The van der Waals surface area contributed by atoms with Crippen LogP contribution in [0.3, 0.4) is 0 Å². The molecule has 3 aromatic carbocycles. The molecule has 0 aliphatic heterocycles. The van der Waals surface area contributed by atoms with Gasteiger partial charge in [0.15, 0.2) is 11.0 Å². The van der Waals surface area contributed by atoms with E-state index in [0.717, 1.165) is 4.57 Å². The number of ether oxygens (including phenoxy) is 1. The van der Waals surface area contributed by atoms with Gasteiger partial charge in [-0.3, -0.25) is 14.5 Å². The fourth-order valence-electron chi connectivity index (χ4n) is 3.51. The lowest BCUT2D eigenvalue weighted by atomic mass is 10.1. The van der Waals surface area contributed by atoms with E-state index in [1.54, 1.807) is 61.5 Å². The fraction of sp³-hybridized carbons (Fsp3) is 0.148. The smallest absolute Gasteiger partial charge is 0.326 e. The summed E-state index contributed by atoms with van der Waals surface area (Å²) in [6.45, 7) is -1.13. The molecule has 180 valence electrons. The Morgan fingerprint density at radius 1 is 1.17 bits per heavy atom. The highest BCUT2D eigenvalue weighted by Crippen LogP contribution is 2.23. The molecular weight excluding hydrogens is 478 g/mol. The molecule has 0 aliphatic rings. The Morgan fingerprint density at radius 3 is 2.58 bits per heavy atom. The SMILES string of the molecule is [2H]C([2H])([2H])n1c(C(Cl)=Nc2ccc(C#N)cc2)nc2cc(C(=O)N(CC(=O)OCC)c3ccccc3)ccc21. The fourth-order valence-corrected chi connectivity index (χ4v) is 3.73. The largest absolute Gasteiger partial charge is 0.465 e. The maximum Gasteiger partial charge on any atom is 0.326 e. The van der Waals surface area contributed by atoms with Crippen molar-refractivity contribution in [2.75, 3.05) is 18.1 Å². The summed E-state index contributed by atoms with van der Waals surface area (Å²) in [6, 6.07) is 21.3. The summed E-state index contributed by atoms with van der Waals surface area (Å²) in [7, 11) is 0. The molecule has 0 atom stereocenters. The molecule has 0 unspecified atom stereocenters. The highest BCUT2D eigenvalue weighted by Gasteiger charge is 2.23. The number of carbonyl (C=O) groups is 2. The minimum absolute atomic E-state index is 0.118. The van der Waals surface area contributed by atoms with Crippen LogP contribution in [0.1, 0.15) is 32.8 Å². The van der Waals surface area contributed by atoms with E-state index in [1.165, 1.54) is 23.1 Å². The minimum Gasteiger partial charge on any atom is -0.465 e. The number of amides is 1. The zero-order valence-corrected chi connectivity index (χ0v) is 19.9. The van der Waals surface area contributed by atoms with Crippen molar-refractivity contribution < 1.29 is 18.4 Å². The first kappa shape index (κ1) is 20.9. The monoisotopic (exact) mass is 502 g/mol. The number of hydrogen-bond acceptors (Lipinski definition) is 6. The van der Waals surface area contributed by atoms with E-state index in [4.69, 9.17) is 25.7 Å². The molecule has 0 radical (unpaired) electrons. The number of halogens is 1. The highest BCUT2D eigenvalue weighted by molar-refractivity contribution is 6.69. The third-order valence-electron chi connectivity index (χ3n) is 5.22. The van der Waals surface area contributed by atoms with Gasteiger partial charge in [-0.2, -0.15) is 5.26 Å². The molecule has 36 heavy (non-hydrogen) atoms. The van der Waals surface area contributed by atoms with Crippen LogP contribution >= 0.6 is 11.6 Å². The number of nitrogens with zero attached hydrogens (tertiary/aromatic N) is 5. The number of aliphatic imine (C=N–C) groups is 1. The van der Waals surface area contributed by atoms with Crippen LogP contribution in [-0.4, -0.2) is 39.8 Å². The number of aryl methyl sites for hydroxylation is 1. The molecule has 1 aromatic heterocycles. The summed E-state index contributed by atoms with van der Waals surface area (Å²) < 4.78 is 30.2. The van der Waals surface area contributed by atoms with E-state index in [9.17, 15) is 9.59 Å². The summed E-state index contributed by atoms with van der Waals surface area (Å²) in [5, 5.41) is 8.80. The molecule has 0 saturated carbocycles. The molecule has 0 N–H and O–H groups in total. The van der Waals surface area contributed by atoms with E-state index < -0.39 is 18.9 Å². The van der Waals surface area contributed by atoms with Gasteiger partial charge in [-0.05, 0) is 61.5 Å². The lowest BCUT2D eigenvalue weighted by molar-refractivity contribution is -0.141. The van der Waals surface area contributed by atoms with E-state index in [2.05, 4.69) is 9.98 Å². The van der Waals surface area contributed by atoms with Crippen LogP contribution in [0.2, 0.25) is 0 Å². The number of rotatable bonds is 7. The molecule has 0 bridgehead atoms. The van der Waals surface area contributed by atoms with Gasteiger partial charge in [-0.25, -0.2) is 9.98 Å². The molecule has 1 heterocycles. The Bertz CT molecular complexity index is 1590. The van der Waals surface area contributed by atoms with Gasteiger partial charge in [0.2, 0.25) is 0 Å². The average molecular weight is 503 g/mol. The van der Waals surface area contributed by atoms with E-state index >= 15 is 0 Å². The number of aromatic nitrogens is 2. The Hall–Kier alpha value is -4.48. The van der Waals surface area contributed by atoms with Crippen molar-refractivity contribution in [1.29, 1.82) is 5.26 Å². The van der Waals surface area contributed by atoms with Gasteiger partial charge in [0.05, 0.1) is 35.0 Å². The number of nitriles is 1. The number of fused-ring (bicyclic) bond motifs is 1. The molecule has 0 saturated heterocycles. The van der Waals surface area contributed by atoms with Crippen molar-refractivity contribution >= 4 is 51.1 Å². The topological polar surface area (TPSA) is 101 Å². The number of anilines is 1.